The van der Waals surface area contributed by atoms with E-state index in [4.69, 9.17) is 15.2 Å². The minimum absolute atomic E-state index is 0.0220. The number of nitrogens with zero attached hydrogens (tertiary/aromatic N) is 2. The van der Waals surface area contributed by atoms with Gasteiger partial charge in [-0.1, -0.05) is 0 Å². The second-order valence-corrected chi connectivity index (χ2v) is 7.32. The first kappa shape index (κ1) is 24.2. The van der Waals surface area contributed by atoms with Crippen LogP contribution < -0.4 is 20.7 Å². The third kappa shape index (κ3) is 4.15. The number of nitrogens with two attached hydrogens (primary N) is 1. The Morgan fingerprint density at radius 1 is 1.27 bits per heavy atom. The number of benzene rings is 1. The van der Waals surface area contributed by atoms with E-state index in [1.165, 1.54) is 19.2 Å². The van der Waals surface area contributed by atoms with Crippen LogP contribution in [-0.2, 0) is 9.53 Å². The number of alkyl halides is 3. The summed E-state index contributed by atoms with van der Waals surface area (Å²) in [5.41, 5.74) is 1.34. The molecule has 1 aliphatic heterocycles. The third-order valence-corrected chi connectivity index (χ3v) is 5.17. The Morgan fingerprint density at radius 2 is 1.94 bits per heavy atom. The highest BCUT2D eigenvalue weighted by atomic mass is 19.4. The predicted octanol–water partition coefficient (Wildman–Crippen LogP) is 2.98. The summed E-state index contributed by atoms with van der Waals surface area (Å²) < 4.78 is 80.4. The van der Waals surface area contributed by atoms with E-state index in [0.29, 0.717) is 17.9 Å². The van der Waals surface area contributed by atoms with Gasteiger partial charge in [0.25, 0.3) is 5.91 Å². The summed E-state index contributed by atoms with van der Waals surface area (Å²) in [6.07, 6.45) is -5.24. The maximum absolute atomic E-state index is 14.4. The van der Waals surface area contributed by atoms with E-state index in [1.807, 2.05) is 0 Å². The van der Waals surface area contributed by atoms with Crippen LogP contribution in [0.2, 0.25) is 0 Å². The van der Waals surface area contributed by atoms with Gasteiger partial charge in [0.2, 0.25) is 17.4 Å². The van der Waals surface area contributed by atoms with Crippen LogP contribution in [0.3, 0.4) is 0 Å². The molecule has 0 radical (unpaired) electrons. The van der Waals surface area contributed by atoms with Crippen LogP contribution in [0.5, 0.6) is 5.75 Å². The second kappa shape index (κ2) is 8.46. The number of hydrogen-bond acceptors (Lipinski definition) is 6. The lowest BCUT2D eigenvalue weighted by Gasteiger charge is -2.39. The van der Waals surface area contributed by atoms with E-state index in [0.717, 1.165) is 19.2 Å². The average Bonchev–Trinajstić information content (AvgIpc) is 3.01. The molecule has 13 heteroatoms. The van der Waals surface area contributed by atoms with Crippen molar-refractivity contribution >= 4 is 23.2 Å². The lowest BCUT2D eigenvalue weighted by molar-refractivity contribution is -0.261. The molecular formula is C20H19F5N4O4. The highest BCUT2D eigenvalue weighted by Gasteiger charge is 2.66. The molecule has 3 unspecified atom stereocenters. The summed E-state index contributed by atoms with van der Waals surface area (Å²) in [6.45, 7) is 1.89. The summed E-state index contributed by atoms with van der Waals surface area (Å²) >= 11 is 0. The first-order valence-electron chi connectivity index (χ1n) is 9.44. The predicted molar refractivity (Wildman–Crippen MR) is 106 cm³/mol. The Bertz CT molecular complexity index is 1100. The van der Waals surface area contributed by atoms with Crippen LogP contribution in [0.25, 0.3) is 0 Å². The van der Waals surface area contributed by atoms with Crippen LogP contribution in [-0.4, -0.2) is 48.0 Å². The molecule has 1 aliphatic rings. The van der Waals surface area contributed by atoms with Crippen molar-refractivity contribution in [1.29, 1.82) is 0 Å². The minimum Gasteiger partial charge on any atom is -0.491 e. The standard InChI is InChI=1S/C20H19F5N4O4/c1-9-15(18(31)28-10-6-7-27-12(8-10)17(26)30)29(19(2,33-9)20(23,24)25)13-5-4-11(21)14(22)16(13)32-3/h4-9,15H,1-3H3,(H2,26,30)(H,27,28,31). The van der Waals surface area contributed by atoms with Gasteiger partial charge >= 0.3 is 6.18 Å². The number of primary amides is 1. The average molecular weight is 474 g/mol. The fourth-order valence-electron chi connectivity index (χ4n) is 3.64. The molecule has 3 N–H and O–H groups in total. The molecule has 33 heavy (non-hydrogen) atoms. The van der Waals surface area contributed by atoms with Gasteiger partial charge in [0.1, 0.15) is 11.7 Å². The number of carbonyl (C=O) groups is 2. The molecule has 1 fully saturated rings. The molecule has 1 aromatic carbocycles. The number of amides is 2. The number of hydrogen-bond donors (Lipinski definition) is 2. The molecule has 3 atom stereocenters. The molecule has 8 nitrogen and oxygen atoms in total. The van der Waals surface area contributed by atoms with Crippen molar-refractivity contribution in [2.24, 2.45) is 5.73 Å². The van der Waals surface area contributed by atoms with E-state index in [9.17, 15) is 31.5 Å². The highest BCUT2D eigenvalue weighted by Crippen LogP contribution is 2.49. The number of methoxy groups -OCH3 is 1. The van der Waals surface area contributed by atoms with Gasteiger partial charge in [-0.05, 0) is 38.1 Å². The molecule has 2 heterocycles. The molecule has 3 rings (SSSR count). The van der Waals surface area contributed by atoms with Gasteiger partial charge in [0, 0.05) is 11.9 Å². The molecule has 2 amide bonds. The van der Waals surface area contributed by atoms with E-state index >= 15 is 0 Å². The van der Waals surface area contributed by atoms with Gasteiger partial charge in [-0.25, -0.2) is 4.39 Å². The summed E-state index contributed by atoms with van der Waals surface area (Å²) in [6, 6.07) is 2.23. The first-order valence-corrected chi connectivity index (χ1v) is 9.44. The topological polar surface area (TPSA) is 107 Å². The van der Waals surface area contributed by atoms with E-state index in [-0.39, 0.29) is 11.4 Å². The largest absolute Gasteiger partial charge is 0.491 e. The summed E-state index contributed by atoms with van der Waals surface area (Å²) in [7, 11) is 0.948. The fraction of sp³-hybridized carbons (Fsp3) is 0.350. The molecule has 1 aromatic heterocycles. The molecule has 0 aliphatic carbocycles. The monoisotopic (exact) mass is 474 g/mol. The molecule has 2 aromatic rings. The highest BCUT2D eigenvalue weighted by molar-refractivity contribution is 5.99. The first-order chi connectivity index (χ1) is 15.3. The zero-order chi connectivity index (χ0) is 24.7. The van der Waals surface area contributed by atoms with Crippen LogP contribution in [0.15, 0.2) is 30.5 Å². The van der Waals surface area contributed by atoms with Crippen molar-refractivity contribution in [3.63, 3.8) is 0 Å². The number of ether oxygens (including phenoxy) is 2. The van der Waals surface area contributed by atoms with E-state index in [1.54, 1.807) is 0 Å². The van der Waals surface area contributed by atoms with Crippen molar-refractivity contribution in [2.75, 3.05) is 17.3 Å². The number of pyridine rings is 1. The molecule has 178 valence electrons. The molecule has 1 saturated heterocycles. The van der Waals surface area contributed by atoms with Crippen molar-refractivity contribution in [2.45, 2.75) is 37.9 Å². The number of aromatic nitrogens is 1. The molecule has 0 bridgehead atoms. The van der Waals surface area contributed by atoms with Gasteiger partial charge in [0.05, 0.1) is 18.9 Å². The zero-order valence-corrected chi connectivity index (χ0v) is 17.5. The lowest BCUT2D eigenvalue weighted by atomic mass is 10.1. The normalized spacial score (nSPS) is 22.8. The van der Waals surface area contributed by atoms with Crippen molar-refractivity contribution in [3.8, 4) is 5.75 Å². The summed E-state index contributed by atoms with van der Waals surface area (Å²) in [5, 5.41) is 2.38. The Labute approximate surface area is 184 Å². The smallest absolute Gasteiger partial charge is 0.436 e. The maximum atomic E-state index is 14.4. The number of nitrogens with one attached hydrogen (secondary N) is 1. The van der Waals surface area contributed by atoms with E-state index < -0.39 is 58.9 Å². The second-order valence-electron chi connectivity index (χ2n) is 7.32. The summed E-state index contributed by atoms with van der Waals surface area (Å²) in [4.78, 5) is 28.6. The Kier molecular flexibility index (Phi) is 6.20. The van der Waals surface area contributed by atoms with Crippen molar-refractivity contribution in [1.82, 2.24) is 4.98 Å². The van der Waals surface area contributed by atoms with Crippen LogP contribution in [0, 0.1) is 11.6 Å². The van der Waals surface area contributed by atoms with Crippen LogP contribution in [0.4, 0.5) is 33.3 Å². The lowest BCUT2D eigenvalue weighted by Crippen LogP contribution is -2.58. The van der Waals surface area contributed by atoms with Gasteiger partial charge in [-0.2, -0.15) is 17.6 Å². The third-order valence-electron chi connectivity index (χ3n) is 5.17. The Morgan fingerprint density at radius 3 is 2.52 bits per heavy atom. The van der Waals surface area contributed by atoms with Crippen LogP contribution in [0.1, 0.15) is 24.3 Å². The van der Waals surface area contributed by atoms with Crippen LogP contribution >= 0.6 is 0 Å². The maximum Gasteiger partial charge on any atom is 0.436 e. The molecule has 0 spiro atoms. The van der Waals surface area contributed by atoms with Crippen molar-refractivity contribution < 1.29 is 41.0 Å². The SMILES string of the molecule is COc1c(N2C(C(=O)Nc3ccnc(C(N)=O)c3)C(C)OC2(C)C(F)(F)F)ccc(F)c1F. The van der Waals surface area contributed by atoms with Gasteiger partial charge in [-0.15, -0.1) is 0 Å². The minimum atomic E-state index is -5.05. The number of halogens is 5. The fourth-order valence-corrected chi connectivity index (χ4v) is 3.64. The molecular weight excluding hydrogens is 455 g/mol. The van der Waals surface area contributed by atoms with Gasteiger partial charge in [0.15, 0.2) is 11.6 Å². The zero-order valence-electron chi connectivity index (χ0n) is 17.5. The van der Waals surface area contributed by atoms with Gasteiger partial charge in [-0.3, -0.25) is 14.6 Å². The number of rotatable bonds is 5. The number of carbonyl (C=O) groups excluding carboxylic acids is 2. The Balaban J connectivity index is 2.11. The van der Waals surface area contributed by atoms with Crippen molar-refractivity contribution in [3.05, 3.63) is 47.8 Å². The molecule has 0 saturated carbocycles. The van der Waals surface area contributed by atoms with E-state index in [2.05, 4.69) is 10.3 Å². The quantitative estimate of drug-likeness (QED) is 0.646. The van der Waals surface area contributed by atoms with Gasteiger partial charge < -0.3 is 25.4 Å². The Hall–Kier alpha value is -3.48. The summed E-state index contributed by atoms with van der Waals surface area (Å²) in [5.74, 6) is -5.58. The number of anilines is 2.